The Hall–Kier alpha value is -1.26. The van der Waals surface area contributed by atoms with Crippen LogP contribution in [0.3, 0.4) is 0 Å². The molecule has 0 aromatic heterocycles. The van der Waals surface area contributed by atoms with Crippen LogP contribution in [0, 0.1) is 0 Å². The van der Waals surface area contributed by atoms with E-state index in [0.717, 1.165) is 5.56 Å². The number of hydrogen-bond donors (Lipinski definition) is 2. The van der Waals surface area contributed by atoms with Crippen molar-refractivity contribution >= 4 is 17.7 Å². The van der Waals surface area contributed by atoms with Gasteiger partial charge in [0.15, 0.2) is 0 Å². The molecule has 0 aliphatic carbocycles. The molecule has 0 saturated carbocycles. The van der Waals surface area contributed by atoms with Crippen molar-refractivity contribution in [2.24, 2.45) is 5.73 Å². The number of halogens is 1. The molecule has 2 atom stereocenters. The standard InChI is InChI=1S/C11H13ClN2O2/c12-8-3-1-2-7(4-8)5-10-9(6-13)14-11(15)16-10/h1-4,9-10H,5-6,13H2,(H,14,15). The van der Waals surface area contributed by atoms with E-state index in [1.807, 2.05) is 24.3 Å². The highest BCUT2D eigenvalue weighted by Gasteiger charge is 2.32. The van der Waals surface area contributed by atoms with E-state index in [4.69, 9.17) is 22.1 Å². The first kappa shape index (κ1) is 11.2. The third-order valence-corrected chi connectivity index (χ3v) is 2.83. The van der Waals surface area contributed by atoms with E-state index in [1.54, 1.807) is 0 Å². The molecule has 1 aliphatic rings. The second-order valence-corrected chi connectivity index (χ2v) is 4.20. The molecule has 3 N–H and O–H groups in total. The van der Waals surface area contributed by atoms with Crippen molar-refractivity contribution in [1.29, 1.82) is 0 Å². The van der Waals surface area contributed by atoms with E-state index in [1.165, 1.54) is 0 Å². The molecule has 1 fully saturated rings. The number of ether oxygens (including phenoxy) is 1. The van der Waals surface area contributed by atoms with Gasteiger partial charge in [-0.3, -0.25) is 0 Å². The quantitative estimate of drug-likeness (QED) is 0.838. The summed E-state index contributed by atoms with van der Waals surface area (Å²) in [6.07, 6.45) is 0.0136. The zero-order valence-electron chi connectivity index (χ0n) is 8.65. The maximum atomic E-state index is 11.1. The number of alkyl carbamates (subject to hydrolysis) is 1. The Bertz CT molecular complexity index is 397. The lowest BCUT2D eigenvalue weighted by atomic mass is 10.0. The van der Waals surface area contributed by atoms with Crippen molar-refractivity contribution in [3.63, 3.8) is 0 Å². The molecule has 1 heterocycles. The average Bonchev–Trinajstić information content (AvgIpc) is 2.59. The normalized spacial score (nSPS) is 24.0. The first-order valence-corrected chi connectivity index (χ1v) is 5.48. The topological polar surface area (TPSA) is 64.3 Å². The zero-order chi connectivity index (χ0) is 11.5. The number of amides is 1. The van der Waals surface area contributed by atoms with Gasteiger partial charge in [0.25, 0.3) is 0 Å². The molecule has 1 aromatic rings. The molecule has 2 rings (SSSR count). The predicted octanol–water partition coefficient (Wildman–Crippen LogP) is 1.32. The van der Waals surface area contributed by atoms with E-state index in [0.29, 0.717) is 18.0 Å². The van der Waals surface area contributed by atoms with E-state index in [2.05, 4.69) is 5.32 Å². The molecule has 4 nitrogen and oxygen atoms in total. The second-order valence-electron chi connectivity index (χ2n) is 3.76. The lowest BCUT2D eigenvalue weighted by molar-refractivity contribution is 0.132. The molecule has 1 amide bonds. The van der Waals surface area contributed by atoms with Crippen molar-refractivity contribution in [2.45, 2.75) is 18.6 Å². The van der Waals surface area contributed by atoms with Gasteiger partial charge in [0.2, 0.25) is 0 Å². The first-order chi connectivity index (χ1) is 7.69. The second kappa shape index (κ2) is 4.72. The van der Waals surface area contributed by atoms with Crippen LogP contribution in [0.4, 0.5) is 4.79 Å². The maximum Gasteiger partial charge on any atom is 0.407 e. The molecule has 86 valence electrons. The molecule has 0 radical (unpaired) electrons. The van der Waals surface area contributed by atoms with Crippen LogP contribution in [0.15, 0.2) is 24.3 Å². The molecule has 2 unspecified atom stereocenters. The highest BCUT2D eigenvalue weighted by atomic mass is 35.5. The molecule has 1 saturated heterocycles. The summed E-state index contributed by atoms with van der Waals surface area (Å²) in [5.41, 5.74) is 6.58. The fourth-order valence-corrected chi connectivity index (χ4v) is 2.00. The van der Waals surface area contributed by atoms with Gasteiger partial charge in [-0.15, -0.1) is 0 Å². The molecule has 1 aromatic carbocycles. The Kier molecular flexibility index (Phi) is 3.31. The van der Waals surface area contributed by atoms with Crippen LogP contribution in [0.5, 0.6) is 0 Å². The van der Waals surface area contributed by atoms with E-state index in [-0.39, 0.29) is 12.1 Å². The highest BCUT2D eigenvalue weighted by Crippen LogP contribution is 2.17. The number of nitrogens with two attached hydrogens (primary N) is 1. The summed E-state index contributed by atoms with van der Waals surface area (Å²) < 4.78 is 5.14. The lowest BCUT2D eigenvalue weighted by Crippen LogP contribution is -2.39. The minimum atomic E-state index is -0.400. The zero-order valence-corrected chi connectivity index (χ0v) is 9.41. The number of rotatable bonds is 3. The predicted molar refractivity (Wildman–Crippen MR) is 61.4 cm³/mol. The SMILES string of the molecule is NCC1NC(=O)OC1Cc1cccc(Cl)c1. The van der Waals surface area contributed by atoms with Crippen LogP contribution < -0.4 is 11.1 Å². The summed E-state index contributed by atoms with van der Waals surface area (Å²) in [6.45, 7) is 0.372. The van der Waals surface area contributed by atoms with Gasteiger partial charge in [-0.25, -0.2) is 4.79 Å². The molecule has 16 heavy (non-hydrogen) atoms. The Morgan fingerprint density at radius 2 is 2.31 bits per heavy atom. The number of benzene rings is 1. The van der Waals surface area contributed by atoms with E-state index >= 15 is 0 Å². The summed E-state index contributed by atoms with van der Waals surface area (Å²) in [5.74, 6) is 0. The fourth-order valence-electron chi connectivity index (χ4n) is 1.79. The van der Waals surface area contributed by atoms with Crippen LogP contribution in [0.25, 0.3) is 0 Å². The van der Waals surface area contributed by atoms with Crippen molar-refractivity contribution < 1.29 is 9.53 Å². The average molecular weight is 241 g/mol. The molecule has 0 bridgehead atoms. The van der Waals surface area contributed by atoms with Crippen molar-refractivity contribution in [3.8, 4) is 0 Å². The Morgan fingerprint density at radius 3 is 3.00 bits per heavy atom. The van der Waals surface area contributed by atoms with Crippen LogP contribution in [0.1, 0.15) is 5.56 Å². The van der Waals surface area contributed by atoms with Crippen LogP contribution in [0.2, 0.25) is 5.02 Å². The Labute approximate surface area is 98.7 Å². The Morgan fingerprint density at radius 1 is 1.50 bits per heavy atom. The van der Waals surface area contributed by atoms with Crippen molar-refractivity contribution in [1.82, 2.24) is 5.32 Å². The van der Waals surface area contributed by atoms with Crippen molar-refractivity contribution in [3.05, 3.63) is 34.9 Å². The van der Waals surface area contributed by atoms with Gasteiger partial charge in [0.05, 0.1) is 6.04 Å². The van der Waals surface area contributed by atoms with E-state index in [9.17, 15) is 4.79 Å². The van der Waals surface area contributed by atoms with Gasteiger partial charge in [-0.05, 0) is 17.7 Å². The lowest BCUT2D eigenvalue weighted by Gasteiger charge is -2.14. The van der Waals surface area contributed by atoms with Gasteiger partial charge < -0.3 is 15.8 Å². The largest absolute Gasteiger partial charge is 0.444 e. The smallest absolute Gasteiger partial charge is 0.407 e. The summed E-state index contributed by atoms with van der Waals surface area (Å²) in [7, 11) is 0. The van der Waals surface area contributed by atoms with Crippen molar-refractivity contribution in [2.75, 3.05) is 6.54 Å². The van der Waals surface area contributed by atoms with Crippen LogP contribution >= 0.6 is 11.6 Å². The van der Waals surface area contributed by atoms with Crippen LogP contribution in [-0.4, -0.2) is 24.8 Å². The molecular weight excluding hydrogens is 228 g/mol. The maximum absolute atomic E-state index is 11.1. The molecule has 0 spiro atoms. The third kappa shape index (κ3) is 2.46. The van der Waals surface area contributed by atoms with Gasteiger partial charge in [0, 0.05) is 18.0 Å². The first-order valence-electron chi connectivity index (χ1n) is 5.10. The highest BCUT2D eigenvalue weighted by molar-refractivity contribution is 6.30. The number of hydrogen-bond acceptors (Lipinski definition) is 3. The number of nitrogens with one attached hydrogen (secondary N) is 1. The van der Waals surface area contributed by atoms with E-state index < -0.39 is 6.09 Å². The number of cyclic esters (lactones) is 1. The molecule has 1 aliphatic heterocycles. The van der Waals surface area contributed by atoms with Gasteiger partial charge in [0.1, 0.15) is 6.10 Å². The number of carbonyl (C=O) groups is 1. The molecular formula is C11H13ClN2O2. The van der Waals surface area contributed by atoms with Gasteiger partial charge in [-0.1, -0.05) is 23.7 Å². The third-order valence-electron chi connectivity index (χ3n) is 2.59. The van der Waals surface area contributed by atoms with Gasteiger partial charge in [-0.2, -0.15) is 0 Å². The minimum absolute atomic E-state index is 0.119. The Balaban J connectivity index is 2.06. The monoisotopic (exact) mass is 240 g/mol. The summed E-state index contributed by atoms with van der Waals surface area (Å²) in [6, 6.07) is 7.38. The van der Waals surface area contributed by atoms with Gasteiger partial charge >= 0.3 is 6.09 Å². The molecule has 5 heteroatoms. The number of carbonyl (C=O) groups excluding carboxylic acids is 1. The minimum Gasteiger partial charge on any atom is -0.444 e. The summed E-state index contributed by atoms with van der Waals surface area (Å²) in [5, 5.41) is 3.35. The summed E-state index contributed by atoms with van der Waals surface area (Å²) in [4.78, 5) is 11.1. The fraction of sp³-hybridized carbons (Fsp3) is 0.364. The van der Waals surface area contributed by atoms with Crippen LogP contribution in [-0.2, 0) is 11.2 Å². The summed E-state index contributed by atoms with van der Waals surface area (Å²) >= 11 is 5.88.